The molecule has 0 heterocycles. The van der Waals surface area contributed by atoms with Crippen LogP contribution in [0.1, 0.15) is 24.8 Å². The van der Waals surface area contributed by atoms with Gasteiger partial charge in [0.15, 0.2) is 0 Å². The number of aliphatic hydroxyl groups is 1. The molecule has 2 nitrogen and oxygen atoms in total. The second-order valence-corrected chi connectivity index (χ2v) is 5.15. The van der Waals surface area contributed by atoms with Crippen molar-refractivity contribution in [2.75, 3.05) is 7.11 Å². The number of rotatable bonds is 3. The van der Waals surface area contributed by atoms with Gasteiger partial charge in [-0.25, -0.2) is 0 Å². The average Bonchev–Trinajstić information content (AvgIpc) is 3.17. The molecule has 94 valence electrons. The summed E-state index contributed by atoms with van der Waals surface area (Å²) in [6.07, 6.45) is 0.820. The van der Waals surface area contributed by atoms with Crippen LogP contribution in [0.2, 0.25) is 0 Å². The fourth-order valence-corrected chi connectivity index (χ4v) is 2.92. The van der Waals surface area contributed by atoms with Crippen LogP contribution < -0.4 is 4.74 Å². The highest BCUT2D eigenvalue weighted by molar-refractivity contribution is 5.88. The highest BCUT2D eigenvalue weighted by atomic mass is 16.5. The van der Waals surface area contributed by atoms with Gasteiger partial charge in [0.25, 0.3) is 0 Å². The number of aliphatic hydroxyl groups excluding tert-OH is 1. The Kier molecular flexibility index (Phi) is 2.75. The Morgan fingerprint density at radius 1 is 1.22 bits per heavy atom. The SMILES string of the molecule is COc1ccc2ccccc2c1[C@H]1C[C@@H]1[C@@H](C)O. The van der Waals surface area contributed by atoms with Gasteiger partial charge in [0.2, 0.25) is 0 Å². The summed E-state index contributed by atoms with van der Waals surface area (Å²) in [5.41, 5.74) is 1.27. The zero-order valence-electron chi connectivity index (χ0n) is 10.8. The van der Waals surface area contributed by atoms with E-state index in [9.17, 15) is 5.11 Å². The highest BCUT2D eigenvalue weighted by Crippen LogP contribution is 2.54. The van der Waals surface area contributed by atoms with Crippen molar-refractivity contribution in [3.05, 3.63) is 42.0 Å². The fourth-order valence-electron chi connectivity index (χ4n) is 2.92. The summed E-state index contributed by atoms with van der Waals surface area (Å²) < 4.78 is 5.50. The number of hydrogen-bond acceptors (Lipinski definition) is 2. The molecule has 1 aliphatic rings. The molecule has 1 saturated carbocycles. The number of benzene rings is 2. The lowest BCUT2D eigenvalue weighted by atomic mass is 9.98. The predicted molar refractivity (Wildman–Crippen MR) is 73.0 cm³/mol. The summed E-state index contributed by atoms with van der Waals surface area (Å²) in [7, 11) is 1.72. The molecule has 3 atom stereocenters. The van der Waals surface area contributed by atoms with E-state index >= 15 is 0 Å². The van der Waals surface area contributed by atoms with Crippen LogP contribution in [-0.4, -0.2) is 18.3 Å². The lowest BCUT2D eigenvalue weighted by Gasteiger charge is -2.12. The van der Waals surface area contributed by atoms with Gasteiger partial charge in [-0.15, -0.1) is 0 Å². The first-order valence-electron chi connectivity index (χ1n) is 6.46. The Morgan fingerprint density at radius 2 is 2.00 bits per heavy atom. The van der Waals surface area contributed by atoms with Gasteiger partial charge in [0, 0.05) is 5.56 Å². The molecule has 0 aliphatic heterocycles. The van der Waals surface area contributed by atoms with Crippen LogP contribution >= 0.6 is 0 Å². The van der Waals surface area contributed by atoms with E-state index in [1.165, 1.54) is 16.3 Å². The van der Waals surface area contributed by atoms with Crippen LogP contribution in [0.3, 0.4) is 0 Å². The van der Waals surface area contributed by atoms with Crippen LogP contribution in [0, 0.1) is 5.92 Å². The Bertz CT molecular complexity index is 574. The van der Waals surface area contributed by atoms with Crippen LogP contribution in [-0.2, 0) is 0 Å². The maximum Gasteiger partial charge on any atom is 0.122 e. The van der Waals surface area contributed by atoms with Crippen molar-refractivity contribution < 1.29 is 9.84 Å². The molecule has 0 amide bonds. The topological polar surface area (TPSA) is 29.5 Å². The van der Waals surface area contributed by atoms with Crippen molar-refractivity contribution in [1.29, 1.82) is 0 Å². The molecule has 1 N–H and O–H groups in total. The Morgan fingerprint density at radius 3 is 2.67 bits per heavy atom. The maximum atomic E-state index is 9.72. The van der Waals surface area contributed by atoms with Gasteiger partial charge in [-0.1, -0.05) is 30.3 Å². The standard InChI is InChI=1S/C16H18O2/c1-10(17)13-9-14(13)16-12-6-4-3-5-11(12)7-8-15(16)18-2/h3-8,10,13-14,17H,9H2,1-2H3/t10-,13-,14+/m1/s1. The molecule has 0 bridgehead atoms. The summed E-state index contributed by atoms with van der Waals surface area (Å²) in [4.78, 5) is 0. The van der Waals surface area contributed by atoms with Gasteiger partial charge in [-0.3, -0.25) is 0 Å². The molecule has 3 rings (SSSR count). The van der Waals surface area contributed by atoms with Crippen molar-refractivity contribution in [1.82, 2.24) is 0 Å². The molecule has 0 unspecified atom stereocenters. The molecule has 0 saturated heterocycles. The third-order valence-electron chi connectivity index (χ3n) is 3.98. The number of hydrogen-bond donors (Lipinski definition) is 1. The van der Waals surface area contributed by atoms with Crippen molar-refractivity contribution in [3.8, 4) is 5.75 Å². The normalized spacial score (nSPS) is 23.9. The molecule has 18 heavy (non-hydrogen) atoms. The first-order chi connectivity index (χ1) is 8.72. The minimum Gasteiger partial charge on any atom is -0.496 e. The van der Waals surface area contributed by atoms with Gasteiger partial charge >= 0.3 is 0 Å². The largest absolute Gasteiger partial charge is 0.496 e. The third kappa shape index (κ3) is 1.77. The minimum atomic E-state index is -0.237. The van der Waals surface area contributed by atoms with Gasteiger partial charge in [-0.05, 0) is 42.0 Å². The third-order valence-corrected chi connectivity index (χ3v) is 3.98. The van der Waals surface area contributed by atoms with Gasteiger partial charge < -0.3 is 9.84 Å². The summed E-state index contributed by atoms with van der Waals surface area (Å²) in [6, 6.07) is 12.5. The molecular formula is C16H18O2. The van der Waals surface area contributed by atoms with E-state index in [0.717, 1.165) is 12.2 Å². The zero-order chi connectivity index (χ0) is 12.7. The van der Waals surface area contributed by atoms with E-state index in [0.29, 0.717) is 11.8 Å². The monoisotopic (exact) mass is 242 g/mol. The van der Waals surface area contributed by atoms with Gasteiger partial charge in [0.05, 0.1) is 13.2 Å². The minimum absolute atomic E-state index is 0.237. The van der Waals surface area contributed by atoms with Crippen molar-refractivity contribution in [2.45, 2.75) is 25.4 Å². The van der Waals surface area contributed by atoms with E-state index in [1.807, 2.05) is 13.0 Å². The van der Waals surface area contributed by atoms with Crippen molar-refractivity contribution in [2.24, 2.45) is 5.92 Å². The zero-order valence-corrected chi connectivity index (χ0v) is 10.8. The molecule has 2 aromatic carbocycles. The summed E-state index contributed by atoms with van der Waals surface area (Å²) >= 11 is 0. The Balaban J connectivity index is 2.14. The lowest BCUT2D eigenvalue weighted by molar-refractivity contribution is 0.168. The first kappa shape index (κ1) is 11.5. The summed E-state index contributed by atoms with van der Waals surface area (Å²) in [6.45, 7) is 1.88. The van der Waals surface area contributed by atoms with E-state index in [-0.39, 0.29) is 6.10 Å². The molecule has 0 radical (unpaired) electrons. The fraction of sp³-hybridized carbons (Fsp3) is 0.375. The van der Waals surface area contributed by atoms with Crippen LogP contribution in [0.25, 0.3) is 10.8 Å². The average molecular weight is 242 g/mol. The second kappa shape index (κ2) is 4.29. The quantitative estimate of drug-likeness (QED) is 0.894. The molecule has 1 fully saturated rings. The molecule has 2 aromatic rings. The van der Waals surface area contributed by atoms with Crippen LogP contribution in [0.15, 0.2) is 36.4 Å². The van der Waals surface area contributed by atoms with E-state index in [4.69, 9.17) is 4.74 Å². The molecular weight excluding hydrogens is 224 g/mol. The van der Waals surface area contributed by atoms with E-state index in [1.54, 1.807) is 7.11 Å². The predicted octanol–water partition coefficient (Wildman–Crippen LogP) is 3.33. The van der Waals surface area contributed by atoms with Crippen LogP contribution in [0.4, 0.5) is 0 Å². The smallest absolute Gasteiger partial charge is 0.122 e. The van der Waals surface area contributed by atoms with Crippen LogP contribution in [0.5, 0.6) is 5.75 Å². The number of fused-ring (bicyclic) bond motifs is 1. The van der Waals surface area contributed by atoms with Crippen molar-refractivity contribution in [3.63, 3.8) is 0 Å². The first-order valence-corrected chi connectivity index (χ1v) is 6.46. The van der Waals surface area contributed by atoms with E-state index in [2.05, 4.69) is 30.3 Å². The summed E-state index contributed by atoms with van der Waals surface area (Å²) in [5, 5.41) is 12.2. The second-order valence-electron chi connectivity index (χ2n) is 5.15. The molecule has 1 aliphatic carbocycles. The molecule has 0 aromatic heterocycles. The molecule has 2 heteroatoms. The number of ether oxygens (including phenoxy) is 1. The molecule has 0 spiro atoms. The lowest BCUT2D eigenvalue weighted by Crippen LogP contribution is -2.04. The maximum absolute atomic E-state index is 9.72. The van der Waals surface area contributed by atoms with Crippen molar-refractivity contribution >= 4 is 10.8 Å². The Hall–Kier alpha value is -1.54. The van der Waals surface area contributed by atoms with E-state index < -0.39 is 0 Å². The van der Waals surface area contributed by atoms with Gasteiger partial charge in [0.1, 0.15) is 5.75 Å². The summed E-state index contributed by atoms with van der Waals surface area (Å²) in [5.74, 6) is 1.76. The number of methoxy groups -OCH3 is 1. The Labute approximate surface area is 107 Å². The van der Waals surface area contributed by atoms with Gasteiger partial charge in [-0.2, -0.15) is 0 Å². The highest BCUT2D eigenvalue weighted by Gasteiger charge is 2.43.